The van der Waals surface area contributed by atoms with Crippen LogP contribution in [0, 0.1) is 12.8 Å². The molecule has 3 N–H and O–H groups in total. The number of ether oxygens (including phenoxy) is 1. The van der Waals surface area contributed by atoms with Gasteiger partial charge >= 0.3 is 6.09 Å². The summed E-state index contributed by atoms with van der Waals surface area (Å²) in [4.78, 5) is 42.3. The summed E-state index contributed by atoms with van der Waals surface area (Å²) in [6.07, 6.45) is 1.15. The molecule has 2 unspecified atom stereocenters. The lowest BCUT2D eigenvalue weighted by Gasteiger charge is -2.35. The molecular weight excluding hydrogens is 506 g/mol. The number of phenolic OH excluding ortho intramolecular Hbond substituents is 1. The Balaban J connectivity index is 2.01. The zero-order valence-electron chi connectivity index (χ0n) is 22.9. The fourth-order valence-electron chi connectivity index (χ4n) is 4.27. The molecule has 0 aromatic heterocycles. The number of rotatable bonds is 9. The quantitative estimate of drug-likeness (QED) is 0.361. The monoisotopic (exact) mass is 543 g/mol. The van der Waals surface area contributed by atoms with Crippen LogP contribution in [0.5, 0.6) is 5.75 Å². The van der Waals surface area contributed by atoms with Gasteiger partial charge in [-0.05, 0) is 82.2 Å². The second kappa shape index (κ2) is 12.1. The highest BCUT2D eigenvalue weighted by atomic mass is 35.5. The Morgan fingerprint density at radius 2 is 1.74 bits per heavy atom. The number of hydrogen-bond acceptors (Lipinski definition) is 5. The first-order valence-electron chi connectivity index (χ1n) is 12.9. The Bertz CT molecular complexity index is 1140. The maximum absolute atomic E-state index is 14.1. The number of nitrogens with one attached hydrogen (secondary N) is 2. The highest BCUT2D eigenvalue weighted by Gasteiger charge is 2.44. The van der Waals surface area contributed by atoms with Gasteiger partial charge in [-0.3, -0.25) is 9.59 Å². The van der Waals surface area contributed by atoms with Crippen molar-refractivity contribution in [2.24, 2.45) is 5.92 Å². The summed E-state index contributed by atoms with van der Waals surface area (Å²) in [7, 11) is 0. The summed E-state index contributed by atoms with van der Waals surface area (Å²) in [5.41, 5.74) is 1.05. The molecule has 2 atom stereocenters. The van der Waals surface area contributed by atoms with Gasteiger partial charge in [0.2, 0.25) is 5.91 Å². The summed E-state index contributed by atoms with van der Waals surface area (Å²) >= 11 is 6.39. The fourth-order valence-corrected chi connectivity index (χ4v) is 4.54. The third-order valence-electron chi connectivity index (χ3n) is 6.10. The number of alkyl carbamates (subject to hydrolysis) is 1. The Kier molecular flexibility index (Phi) is 9.31. The van der Waals surface area contributed by atoms with Crippen LogP contribution in [-0.4, -0.2) is 45.6 Å². The average Bonchev–Trinajstić information content (AvgIpc) is 3.63. The topological polar surface area (TPSA) is 108 Å². The predicted octanol–water partition coefficient (Wildman–Crippen LogP) is 5.96. The molecule has 0 radical (unpaired) electrons. The van der Waals surface area contributed by atoms with E-state index in [2.05, 4.69) is 10.6 Å². The number of carbonyl (C=O) groups is 3. The predicted molar refractivity (Wildman–Crippen MR) is 148 cm³/mol. The van der Waals surface area contributed by atoms with Crippen LogP contribution in [0.4, 0.5) is 10.5 Å². The minimum atomic E-state index is -1.01. The molecule has 1 aliphatic carbocycles. The van der Waals surface area contributed by atoms with Crippen LogP contribution in [0.15, 0.2) is 42.5 Å². The first-order chi connectivity index (χ1) is 17.8. The first kappa shape index (κ1) is 29.3. The van der Waals surface area contributed by atoms with Crippen LogP contribution in [0.2, 0.25) is 5.02 Å². The zero-order valence-corrected chi connectivity index (χ0v) is 23.6. The van der Waals surface area contributed by atoms with Crippen molar-refractivity contribution in [2.45, 2.75) is 84.5 Å². The minimum Gasteiger partial charge on any atom is -0.508 e. The molecule has 206 valence electrons. The van der Waals surface area contributed by atoms with Crippen molar-refractivity contribution in [3.8, 4) is 5.75 Å². The van der Waals surface area contributed by atoms with E-state index in [0.717, 1.165) is 18.4 Å². The third-order valence-corrected chi connectivity index (χ3v) is 6.41. The lowest BCUT2D eigenvalue weighted by Crippen LogP contribution is -2.53. The van der Waals surface area contributed by atoms with Gasteiger partial charge in [-0.2, -0.15) is 0 Å². The first-order valence-corrected chi connectivity index (χ1v) is 13.3. The molecule has 0 saturated heterocycles. The molecule has 38 heavy (non-hydrogen) atoms. The average molecular weight is 544 g/mol. The molecule has 9 heteroatoms. The van der Waals surface area contributed by atoms with E-state index >= 15 is 0 Å². The molecule has 2 aromatic carbocycles. The second-order valence-electron chi connectivity index (χ2n) is 11.2. The fraction of sp³-hybridized carbons (Fsp3) is 0.483. The molecule has 3 rings (SSSR count). The van der Waals surface area contributed by atoms with E-state index in [1.165, 1.54) is 12.1 Å². The smallest absolute Gasteiger partial charge is 0.408 e. The lowest BCUT2D eigenvalue weighted by atomic mass is 9.98. The van der Waals surface area contributed by atoms with Gasteiger partial charge in [0.25, 0.3) is 5.91 Å². The molecule has 2 aromatic rings. The van der Waals surface area contributed by atoms with Gasteiger partial charge in [-0.15, -0.1) is 0 Å². The molecule has 0 aliphatic heterocycles. The van der Waals surface area contributed by atoms with Crippen molar-refractivity contribution in [3.63, 3.8) is 0 Å². The van der Waals surface area contributed by atoms with Gasteiger partial charge in [0.15, 0.2) is 0 Å². The minimum absolute atomic E-state index is 0.0448. The maximum Gasteiger partial charge on any atom is 0.408 e. The number of nitrogens with zero attached hydrogens (tertiary/aromatic N) is 1. The molecular formula is C29H38ClN3O5. The number of benzene rings is 2. The Morgan fingerprint density at radius 1 is 1.11 bits per heavy atom. The zero-order chi connectivity index (χ0) is 28.2. The van der Waals surface area contributed by atoms with E-state index in [1.54, 1.807) is 49.9 Å². The van der Waals surface area contributed by atoms with Crippen LogP contribution in [0.3, 0.4) is 0 Å². The summed E-state index contributed by atoms with van der Waals surface area (Å²) in [5.74, 6) is -0.668. The largest absolute Gasteiger partial charge is 0.508 e. The van der Waals surface area contributed by atoms with Gasteiger partial charge in [0.1, 0.15) is 23.4 Å². The van der Waals surface area contributed by atoms with E-state index in [9.17, 15) is 19.5 Å². The van der Waals surface area contributed by atoms with E-state index in [4.69, 9.17) is 16.3 Å². The second-order valence-corrected chi connectivity index (χ2v) is 11.6. The van der Waals surface area contributed by atoms with E-state index in [-0.39, 0.29) is 23.6 Å². The van der Waals surface area contributed by atoms with Crippen LogP contribution < -0.4 is 10.6 Å². The lowest BCUT2D eigenvalue weighted by molar-refractivity contribution is -0.141. The third kappa shape index (κ3) is 7.87. The van der Waals surface area contributed by atoms with E-state index < -0.39 is 29.7 Å². The maximum atomic E-state index is 14.1. The molecule has 8 nitrogen and oxygen atoms in total. The normalized spacial score (nSPS) is 14.9. The Morgan fingerprint density at radius 3 is 2.26 bits per heavy atom. The Labute approximate surface area is 229 Å². The number of aromatic hydroxyl groups is 1. The number of amides is 3. The summed E-state index contributed by atoms with van der Waals surface area (Å²) < 4.78 is 5.42. The molecule has 1 fully saturated rings. The summed E-state index contributed by atoms with van der Waals surface area (Å²) in [5, 5.41) is 15.9. The summed E-state index contributed by atoms with van der Waals surface area (Å²) in [6, 6.07) is 9.46. The number of halogens is 1. The van der Waals surface area contributed by atoms with Gasteiger partial charge < -0.3 is 25.4 Å². The number of hydrogen-bond donors (Lipinski definition) is 3. The van der Waals surface area contributed by atoms with Crippen molar-refractivity contribution < 1.29 is 24.2 Å². The van der Waals surface area contributed by atoms with Crippen LogP contribution >= 0.6 is 11.6 Å². The van der Waals surface area contributed by atoms with E-state index in [1.807, 2.05) is 26.8 Å². The van der Waals surface area contributed by atoms with E-state index in [0.29, 0.717) is 22.7 Å². The van der Waals surface area contributed by atoms with Crippen molar-refractivity contribution in [1.82, 2.24) is 10.2 Å². The van der Waals surface area contributed by atoms with Gasteiger partial charge in [0.05, 0.1) is 10.7 Å². The van der Waals surface area contributed by atoms with Crippen molar-refractivity contribution in [3.05, 3.63) is 58.6 Å². The molecule has 0 bridgehead atoms. The number of anilines is 1. The molecule has 0 heterocycles. The highest BCUT2D eigenvalue weighted by Crippen LogP contribution is 2.37. The number of phenols is 1. The van der Waals surface area contributed by atoms with Gasteiger partial charge in [-0.25, -0.2) is 4.79 Å². The number of aryl methyl sites for hydroxylation is 1. The summed E-state index contributed by atoms with van der Waals surface area (Å²) in [6.45, 7) is 11.0. The van der Waals surface area contributed by atoms with Crippen molar-refractivity contribution in [2.75, 3.05) is 5.32 Å². The van der Waals surface area contributed by atoms with Crippen molar-refractivity contribution in [1.29, 1.82) is 0 Å². The van der Waals surface area contributed by atoms with Gasteiger partial charge in [-0.1, -0.05) is 49.7 Å². The number of carbonyl (C=O) groups excluding carboxylic acids is 3. The van der Waals surface area contributed by atoms with Crippen LogP contribution in [0.25, 0.3) is 0 Å². The molecule has 0 spiro atoms. The van der Waals surface area contributed by atoms with Crippen molar-refractivity contribution >= 4 is 35.2 Å². The SMILES string of the molecule is Cc1cccc(Cl)c1NC(=O)C(c1ccc(O)cc1)N(C(=O)C(CC(C)C)NC(=O)OC(C)(C)C)C1CC1. The molecule has 1 saturated carbocycles. The van der Waals surface area contributed by atoms with Crippen LogP contribution in [-0.2, 0) is 14.3 Å². The molecule has 3 amide bonds. The standard InChI is InChI=1S/C29H38ClN3O5/c1-17(2)16-23(31-28(37)38-29(4,5)6)27(36)33(20-12-13-20)25(19-10-14-21(34)15-11-19)26(35)32-24-18(3)8-7-9-22(24)30/h7-11,14-15,17,20,23,25,34H,12-13,16H2,1-6H3,(H,31,37)(H,32,35). The number of para-hydroxylation sites is 1. The Hall–Kier alpha value is -3.26. The molecule has 1 aliphatic rings. The van der Waals surface area contributed by atoms with Gasteiger partial charge in [0, 0.05) is 6.04 Å². The highest BCUT2D eigenvalue weighted by molar-refractivity contribution is 6.34. The van der Waals surface area contributed by atoms with Crippen LogP contribution in [0.1, 0.15) is 71.0 Å².